The van der Waals surface area contributed by atoms with Crippen molar-refractivity contribution in [3.05, 3.63) is 27.7 Å². The van der Waals surface area contributed by atoms with Gasteiger partial charge in [0.1, 0.15) is 12.2 Å². The molecule has 3 atom stereocenters. The molecule has 22 heavy (non-hydrogen) atoms. The second-order valence-electron chi connectivity index (χ2n) is 5.43. The van der Waals surface area contributed by atoms with Crippen molar-refractivity contribution < 1.29 is 29.9 Å². The lowest BCUT2D eigenvalue weighted by molar-refractivity contribution is -0.0702. The smallest absolute Gasteiger partial charge is 0.260 e. The molecule has 1 aromatic heterocycles. The van der Waals surface area contributed by atoms with Gasteiger partial charge in [0, 0.05) is 11.8 Å². The molecule has 0 fully saturated rings. The molecule has 5 N–H and O–H groups in total. The summed E-state index contributed by atoms with van der Waals surface area (Å²) in [6, 6.07) is 1.53. The summed E-state index contributed by atoms with van der Waals surface area (Å²) in [5.41, 5.74) is -0.0331. The number of aliphatic hydroxyl groups excluding tert-OH is 3. The predicted octanol–water partition coefficient (Wildman–Crippen LogP) is -0.726. The number of rotatable bonds is 0. The molecule has 0 saturated heterocycles. The molecule has 2 heterocycles. The van der Waals surface area contributed by atoms with Crippen LogP contribution < -0.4 is 15.0 Å². The van der Waals surface area contributed by atoms with Crippen LogP contribution in [-0.4, -0.2) is 44.4 Å². The Kier molecular flexibility index (Phi) is 2.65. The molecule has 2 aromatic rings. The van der Waals surface area contributed by atoms with Crippen LogP contribution in [0, 0.1) is 0 Å². The van der Waals surface area contributed by atoms with Crippen molar-refractivity contribution in [1.29, 1.82) is 0 Å². The largest absolute Gasteiger partial charge is 0.504 e. The standard InChI is InChI=1S/C14H13NO7/c16-6-1-5-4-2-7-13(22-3-21-7)11(18)8(4)14(20)15-9(5)12(19)10(6)17/h2,6,10,12,16-19H,1,3H2,(H,15,20). The Morgan fingerprint density at radius 1 is 1.23 bits per heavy atom. The minimum atomic E-state index is -1.41. The van der Waals surface area contributed by atoms with E-state index < -0.39 is 23.9 Å². The lowest BCUT2D eigenvalue weighted by Crippen LogP contribution is -2.40. The number of fused-ring (bicyclic) bond motifs is 4. The van der Waals surface area contributed by atoms with E-state index in [1.54, 1.807) is 0 Å². The minimum absolute atomic E-state index is 0.00112. The number of aromatic nitrogens is 1. The van der Waals surface area contributed by atoms with Gasteiger partial charge in [-0.15, -0.1) is 0 Å². The lowest BCUT2D eigenvalue weighted by Gasteiger charge is -2.31. The van der Waals surface area contributed by atoms with Crippen molar-refractivity contribution >= 4 is 10.8 Å². The van der Waals surface area contributed by atoms with Gasteiger partial charge in [-0.3, -0.25) is 4.79 Å². The molecule has 8 nitrogen and oxygen atoms in total. The number of phenols is 1. The van der Waals surface area contributed by atoms with E-state index in [9.17, 15) is 25.2 Å². The fraction of sp³-hybridized carbons (Fsp3) is 0.357. The zero-order valence-electron chi connectivity index (χ0n) is 11.2. The van der Waals surface area contributed by atoms with Crippen molar-refractivity contribution in [3.63, 3.8) is 0 Å². The van der Waals surface area contributed by atoms with Crippen molar-refractivity contribution in [2.45, 2.75) is 24.7 Å². The van der Waals surface area contributed by atoms with Crippen molar-refractivity contribution in [2.24, 2.45) is 0 Å². The first kappa shape index (κ1) is 13.4. The number of ether oxygens (including phenoxy) is 2. The molecular formula is C14H13NO7. The van der Waals surface area contributed by atoms with Crippen LogP contribution in [0.4, 0.5) is 0 Å². The molecule has 1 aliphatic carbocycles. The molecule has 1 aliphatic heterocycles. The monoisotopic (exact) mass is 307 g/mol. The first-order valence-electron chi connectivity index (χ1n) is 6.73. The zero-order valence-corrected chi connectivity index (χ0v) is 11.2. The van der Waals surface area contributed by atoms with Gasteiger partial charge in [-0.25, -0.2) is 0 Å². The van der Waals surface area contributed by atoms with Gasteiger partial charge in [0.15, 0.2) is 11.5 Å². The average Bonchev–Trinajstić information content (AvgIpc) is 2.95. The molecule has 0 bridgehead atoms. The van der Waals surface area contributed by atoms with E-state index in [4.69, 9.17) is 9.47 Å². The highest BCUT2D eigenvalue weighted by molar-refractivity contribution is 5.95. The molecule has 0 saturated carbocycles. The maximum Gasteiger partial charge on any atom is 0.260 e. The number of phenolic OH excluding ortho intramolecular Hbond substituents is 1. The summed E-state index contributed by atoms with van der Waals surface area (Å²) in [4.78, 5) is 14.7. The number of H-pyrrole nitrogens is 1. The Labute approximate surface area is 123 Å². The maximum absolute atomic E-state index is 12.2. The van der Waals surface area contributed by atoms with E-state index in [0.717, 1.165) is 0 Å². The second-order valence-corrected chi connectivity index (χ2v) is 5.43. The van der Waals surface area contributed by atoms with Crippen LogP contribution in [0.3, 0.4) is 0 Å². The van der Waals surface area contributed by atoms with Crippen LogP contribution in [0.15, 0.2) is 10.9 Å². The third-order valence-electron chi connectivity index (χ3n) is 4.19. The van der Waals surface area contributed by atoms with Gasteiger partial charge < -0.3 is 34.9 Å². The molecule has 3 unspecified atom stereocenters. The van der Waals surface area contributed by atoms with E-state index in [0.29, 0.717) is 10.9 Å². The van der Waals surface area contributed by atoms with Crippen LogP contribution in [0.5, 0.6) is 17.2 Å². The number of aromatic amines is 1. The van der Waals surface area contributed by atoms with Crippen LogP contribution >= 0.6 is 0 Å². The highest BCUT2D eigenvalue weighted by Crippen LogP contribution is 2.46. The number of hydrogen-bond donors (Lipinski definition) is 5. The van der Waals surface area contributed by atoms with Gasteiger partial charge in [-0.05, 0) is 11.6 Å². The maximum atomic E-state index is 12.2. The highest BCUT2D eigenvalue weighted by atomic mass is 16.7. The molecule has 116 valence electrons. The summed E-state index contributed by atoms with van der Waals surface area (Å²) in [6.07, 6.45) is -3.95. The topological polar surface area (TPSA) is 132 Å². The summed E-state index contributed by atoms with van der Waals surface area (Å²) in [7, 11) is 0. The summed E-state index contributed by atoms with van der Waals surface area (Å²) < 4.78 is 10.4. The molecule has 0 radical (unpaired) electrons. The number of aromatic hydroxyl groups is 1. The van der Waals surface area contributed by atoms with Crippen molar-refractivity contribution in [2.75, 3.05) is 6.79 Å². The molecule has 2 aliphatic rings. The summed E-state index contributed by atoms with van der Waals surface area (Å²) in [5.74, 6) is 0.0342. The molecular weight excluding hydrogens is 294 g/mol. The normalized spacial score (nSPS) is 26.2. The fourth-order valence-corrected chi connectivity index (χ4v) is 3.08. The summed E-state index contributed by atoms with van der Waals surface area (Å²) >= 11 is 0. The first-order chi connectivity index (χ1) is 10.5. The zero-order chi connectivity index (χ0) is 15.6. The van der Waals surface area contributed by atoms with E-state index in [-0.39, 0.29) is 41.5 Å². The van der Waals surface area contributed by atoms with E-state index >= 15 is 0 Å². The van der Waals surface area contributed by atoms with E-state index in [2.05, 4.69) is 4.98 Å². The molecule has 8 heteroatoms. The summed E-state index contributed by atoms with van der Waals surface area (Å²) in [6.45, 7) is -0.0662. The Hall–Kier alpha value is -2.29. The highest BCUT2D eigenvalue weighted by Gasteiger charge is 2.36. The van der Waals surface area contributed by atoms with E-state index in [1.165, 1.54) is 6.07 Å². The molecule has 4 rings (SSSR count). The Morgan fingerprint density at radius 3 is 2.77 bits per heavy atom. The van der Waals surface area contributed by atoms with Crippen molar-refractivity contribution in [3.8, 4) is 17.2 Å². The van der Waals surface area contributed by atoms with Crippen molar-refractivity contribution in [1.82, 2.24) is 4.98 Å². The predicted molar refractivity (Wildman–Crippen MR) is 73.0 cm³/mol. The second kappa shape index (κ2) is 4.35. The van der Waals surface area contributed by atoms with Crippen LogP contribution in [0.25, 0.3) is 10.8 Å². The van der Waals surface area contributed by atoms with Gasteiger partial charge in [-0.2, -0.15) is 0 Å². The Morgan fingerprint density at radius 2 is 2.00 bits per heavy atom. The third-order valence-corrected chi connectivity index (χ3v) is 4.19. The SMILES string of the molecule is O=c1[nH]c2c(c3cc4c(c(O)c13)OCO4)CC(O)C(O)C2O. The Bertz CT molecular complexity index is 843. The van der Waals surface area contributed by atoms with Crippen LogP contribution in [-0.2, 0) is 6.42 Å². The van der Waals surface area contributed by atoms with Crippen LogP contribution in [0.1, 0.15) is 17.4 Å². The number of pyridine rings is 1. The number of benzene rings is 1. The van der Waals surface area contributed by atoms with Gasteiger partial charge in [0.25, 0.3) is 5.56 Å². The Balaban J connectivity index is 2.10. The fourth-order valence-electron chi connectivity index (χ4n) is 3.08. The number of aliphatic hydroxyl groups is 3. The van der Waals surface area contributed by atoms with Gasteiger partial charge >= 0.3 is 0 Å². The lowest BCUT2D eigenvalue weighted by atomic mass is 9.86. The number of nitrogens with one attached hydrogen (secondary N) is 1. The van der Waals surface area contributed by atoms with Gasteiger partial charge in [-0.1, -0.05) is 0 Å². The molecule has 0 spiro atoms. The molecule has 1 aromatic carbocycles. The first-order valence-corrected chi connectivity index (χ1v) is 6.73. The minimum Gasteiger partial charge on any atom is -0.504 e. The average molecular weight is 307 g/mol. The quantitative estimate of drug-likeness (QED) is 0.433. The van der Waals surface area contributed by atoms with Gasteiger partial charge in [0.05, 0.1) is 17.2 Å². The summed E-state index contributed by atoms with van der Waals surface area (Å²) in [5, 5.41) is 40.3. The third kappa shape index (κ3) is 1.59. The molecule has 0 amide bonds. The van der Waals surface area contributed by atoms with Crippen LogP contribution in [0.2, 0.25) is 0 Å². The van der Waals surface area contributed by atoms with E-state index in [1.807, 2.05) is 0 Å². The number of hydrogen-bond acceptors (Lipinski definition) is 7. The van der Waals surface area contributed by atoms with Gasteiger partial charge in [0.2, 0.25) is 12.5 Å².